The van der Waals surface area contributed by atoms with E-state index in [-0.39, 0.29) is 5.78 Å². The molecule has 0 aliphatic rings. The highest BCUT2D eigenvalue weighted by molar-refractivity contribution is 7.48. The molecule has 1 atom stereocenters. The number of Topliss-reactive ketones (excluding diaryl/α,β-unsaturated/α-hetero) is 1. The molecular formula is C12H17O3P. The maximum Gasteiger partial charge on any atom is 0.221 e. The SMILES string of the molecule is CCCCC(=O)c1ccccc1[PH](=O)OC. The van der Waals surface area contributed by atoms with E-state index in [1.165, 1.54) is 7.11 Å². The van der Waals surface area contributed by atoms with Crippen LogP contribution in [-0.2, 0) is 9.09 Å². The number of unbranched alkanes of at least 4 members (excludes halogenated alkanes) is 1. The van der Waals surface area contributed by atoms with Crippen molar-refractivity contribution in [1.29, 1.82) is 0 Å². The Kier molecular flexibility index (Phi) is 5.44. The van der Waals surface area contributed by atoms with Crippen LogP contribution < -0.4 is 5.30 Å². The summed E-state index contributed by atoms with van der Waals surface area (Å²) in [6.07, 6.45) is 2.35. The molecule has 0 N–H and O–H groups in total. The van der Waals surface area contributed by atoms with Gasteiger partial charge >= 0.3 is 0 Å². The molecule has 4 heteroatoms. The zero-order valence-electron chi connectivity index (χ0n) is 9.66. The first-order valence-electron chi connectivity index (χ1n) is 5.41. The molecule has 1 unspecified atom stereocenters. The minimum atomic E-state index is -2.28. The summed E-state index contributed by atoms with van der Waals surface area (Å²) in [5, 5.41) is 0.538. The normalized spacial score (nSPS) is 12.4. The Bertz CT molecular complexity index is 388. The second-order valence-corrected chi connectivity index (χ2v) is 5.09. The largest absolute Gasteiger partial charge is 0.331 e. The fraction of sp³-hybridized carbons (Fsp3) is 0.417. The lowest BCUT2D eigenvalue weighted by atomic mass is 10.1. The number of benzene rings is 1. The van der Waals surface area contributed by atoms with Gasteiger partial charge < -0.3 is 4.52 Å². The van der Waals surface area contributed by atoms with E-state index in [9.17, 15) is 9.36 Å². The maximum absolute atomic E-state index is 11.9. The van der Waals surface area contributed by atoms with Crippen molar-refractivity contribution < 1.29 is 13.9 Å². The summed E-state index contributed by atoms with van der Waals surface area (Å²) in [6, 6.07) is 6.97. The number of carbonyl (C=O) groups excluding carboxylic acids is 1. The van der Waals surface area contributed by atoms with E-state index in [0.29, 0.717) is 17.3 Å². The second-order valence-electron chi connectivity index (χ2n) is 3.56. The van der Waals surface area contributed by atoms with Crippen molar-refractivity contribution in [2.45, 2.75) is 26.2 Å². The van der Waals surface area contributed by atoms with Gasteiger partial charge in [0.1, 0.15) is 0 Å². The van der Waals surface area contributed by atoms with Gasteiger partial charge in [-0.05, 0) is 12.5 Å². The minimum Gasteiger partial charge on any atom is -0.331 e. The van der Waals surface area contributed by atoms with Crippen LogP contribution in [0, 0.1) is 0 Å². The van der Waals surface area contributed by atoms with Crippen molar-refractivity contribution in [3.05, 3.63) is 29.8 Å². The van der Waals surface area contributed by atoms with Gasteiger partial charge in [-0.3, -0.25) is 9.36 Å². The molecular weight excluding hydrogens is 223 g/mol. The molecule has 0 heterocycles. The lowest BCUT2D eigenvalue weighted by Gasteiger charge is -2.06. The minimum absolute atomic E-state index is 0.0489. The number of hydrogen-bond acceptors (Lipinski definition) is 3. The Morgan fingerprint density at radius 1 is 1.38 bits per heavy atom. The van der Waals surface area contributed by atoms with Crippen molar-refractivity contribution >= 4 is 19.1 Å². The van der Waals surface area contributed by atoms with Crippen molar-refractivity contribution in [2.75, 3.05) is 7.11 Å². The lowest BCUT2D eigenvalue weighted by molar-refractivity contribution is 0.0980. The van der Waals surface area contributed by atoms with Gasteiger partial charge in [0.2, 0.25) is 8.03 Å². The summed E-state index contributed by atoms with van der Waals surface area (Å²) >= 11 is 0. The van der Waals surface area contributed by atoms with Crippen LogP contribution in [0.1, 0.15) is 36.5 Å². The first kappa shape index (κ1) is 13.1. The third-order valence-corrected chi connectivity index (χ3v) is 3.64. The molecule has 1 rings (SSSR count). The standard InChI is InChI=1S/C12H17O3P/c1-3-4-8-11(13)10-7-5-6-9-12(10)16(14)15-2/h5-7,9,16H,3-4,8H2,1-2H3. The smallest absolute Gasteiger partial charge is 0.221 e. The van der Waals surface area contributed by atoms with Crippen molar-refractivity contribution in [3.8, 4) is 0 Å². The van der Waals surface area contributed by atoms with E-state index < -0.39 is 8.03 Å². The highest BCUT2D eigenvalue weighted by atomic mass is 31.1. The predicted octanol–water partition coefficient (Wildman–Crippen LogP) is 2.81. The Labute approximate surface area is 96.7 Å². The maximum atomic E-state index is 11.9. The van der Waals surface area contributed by atoms with Crippen LogP contribution in [0.3, 0.4) is 0 Å². The predicted molar refractivity (Wildman–Crippen MR) is 65.9 cm³/mol. The highest BCUT2D eigenvalue weighted by Crippen LogP contribution is 2.22. The van der Waals surface area contributed by atoms with Crippen LogP contribution in [0.25, 0.3) is 0 Å². The molecule has 0 aliphatic heterocycles. The van der Waals surface area contributed by atoms with Gasteiger partial charge in [-0.15, -0.1) is 0 Å². The fourth-order valence-electron chi connectivity index (χ4n) is 1.49. The monoisotopic (exact) mass is 240 g/mol. The Hall–Kier alpha value is -0.920. The Morgan fingerprint density at radius 3 is 2.69 bits per heavy atom. The molecule has 3 nitrogen and oxygen atoms in total. The zero-order chi connectivity index (χ0) is 12.0. The summed E-state index contributed by atoms with van der Waals surface area (Å²) < 4.78 is 16.4. The van der Waals surface area contributed by atoms with Gasteiger partial charge in [-0.2, -0.15) is 0 Å². The summed E-state index contributed by atoms with van der Waals surface area (Å²) in [6.45, 7) is 2.04. The first-order valence-corrected chi connectivity index (χ1v) is 6.73. The molecule has 88 valence electrons. The molecule has 0 saturated heterocycles. The number of rotatable bonds is 6. The second kappa shape index (κ2) is 6.62. The molecule has 0 aromatic heterocycles. The fourth-order valence-corrected chi connectivity index (χ4v) is 2.38. The highest BCUT2D eigenvalue weighted by Gasteiger charge is 2.14. The van der Waals surface area contributed by atoms with Crippen molar-refractivity contribution in [2.24, 2.45) is 0 Å². The number of hydrogen-bond donors (Lipinski definition) is 0. The van der Waals surface area contributed by atoms with E-state index in [2.05, 4.69) is 0 Å². The lowest BCUT2D eigenvalue weighted by Crippen LogP contribution is -2.12. The van der Waals surface area contributed by atoms with E-state index >= 15 is 0 Å². The average molecular weight is 240 g/mol. The Morgan fingerprint density at radius 2 is 2.06 bits per heavy atom. The number of carbonyl (C=O) groups is 1. The van der Waals surface area contributed by atoms with Crippen LogP contribution in [0.5, 0.6) is 0 Å². The molecule has 1 aromatic rings. The summed E-state index contributed by atoms with van der Waals surface area (Å²) in [5.41, 5.74) is 0.543. The van der Waals surface area contributed by atoms with Gasteiger partial charge in [0.05, 0.1) is 0 Å². The summed E-state index contributed by atoms with van der Waals surface area (Å²) in [5.74, 6) is 0.0489. The van der Waals surface area contributed by atoms with E-state index in [1.807, 2.05) is 6.92 Å². The van der Waals surface area contributed by atoms with E-state index in [0.717, 1.165) is 12.8 Å². The molecule has 0 amide bonds. The third-order valence-electron chi connectivity index (χ3n) is 2.39. The van der Waals surface area contributed by atoms with Crippen LogP contribution in [0.4, 0.5) is 0 Å². The quantitative estimate of drug-likeness (QED) is 0.567. The van der Waals surface area contributed by atoms with Crippen molar-refractivity contribution in [1.82, 2.24) is 0 Å². The van der Waals surface area contributed by atoms with Crippen LogP contribution in [-0.4, -0.2) is 12.9 Å². The molecule has 0 aliphatic carbocycles. The molecule has 0 radical (unpaired) electrons. The van der Waals surface area contributed by atoms with E-state index in [1.54, 1.807) is 24.3 Å². The van der Waals surface area contributed by atoms with Crippen LogP contribution in [0.2, 0.25) is 0 Å². The molecule has 0 saturated carbocycles. The molecule has 16 heavy (non-hydrogen) atoms. The summed E-state index contributed by atoms with van der Waals surface area (Å²) in [7, 11) is -0.879. The van der Waals surface area contributed by atoms with Gasteiger partial charge in [-0.1, -0.05) is 31.5 Å². The van der Waals surface area contributed by atoms with Crippen molar-refractivity contribution in [3.63, 3.8) is 0 Å². The molecule has 0 fully saturated rings. The third kappa shape index (κ3) is 3.29. The summed E-state index contributed by atoms with van der Waals surface area (Å²) in [4.78, 5) is 11.9. The van der Waals surface area contributed by atoms with Gasteiger partial charge in [-0.25, -0.2) is 0 Å². The van der Waals surface area contributed by atoms with Gasteiger partial charge in [0.15, 0.2) is 5.78 Å². The topological polar surface area (TPSA) is 43.4 Å². The first-order chi connectivity index (χ1) is 7.70. The van der Waals surface area contributed by atoms with Crippen LogP contribution >= 0.6 is 8.03 Å². The van der Waals surface area contributed by atoms with Gasteiger partial charge in [0.25, 0.3) is 0 Å². The van der Waals surface area contributed by atoms with Gasteiger partial charge in [0, 0.05) is 24.4 Å². The molecule has 1 aromatic carbocycles. The Balaban J connectivity index is 2.94. The average Bonchev–Trinajstić information content (AvgIpc) is 2.35. The van der Waals surface area contributed by atoms with Crippen LogP contribution in [0.15, 0.2) is 24.3 Å². The molecule has 0 spiro atoms. The zero-order valence-corrected chi connectivity index (χ0v) is 10.7. The number of ketones is 1. The molecule has 0 bridgehead atoms. The van der Waals surface area contributed by atoms with E-state index in [4.69, 9.17) is 4.52 Å².